The lowest BCUT2D eigenvalue weighted by Gasteiger charge is -2.25. The molecule has 13 aliphatic rings. The van der Waals surface area contributed by atoms with Crippen molar-refractivity contribution < 1.29 is 4.74 Å². The van der Waals surface area contributed by atoms with Crippen molar-refractivity contribution in [3.8, 4) is 0 Å². The third-order valence-corrected chi connectivity index (χ3v) is 12.7. The Balaban J connectivity index is 0.0000000975. The van der Waals surface area contributed by atoms with Crippen molar-refractivity contribution in [2.24, 2.45) is 17.8 Å². The highest BCUT2D eigenvalue weighted by molar-refractivity contribution is 4.87. The molecule has 12 aliphatic heterocycles. The Morgan fingerprint density at radius 1 is 0.409 bits per heavy atom. The Morgan fingerprint density at radius 3 is 1.73 bits per heavy atom. The Hall–Kier alpha value is -0.280. The molecule has 12 heterocycles. The van der Waals surface area contributed by atoms with E-state index in [1.807, 2.05) is 0 Å². The molecule has 4 N–H and O–H groups in total. The standard InChI is InChI=1S/2C8H15N.C7H14N2.C7H13NO.C7H13N/c1-3-8-4-2-7(1)5-6-9-8;1-2-5-9-6-4-8(3-1)7-9;1-2-6-4-9-7(3-1)5-8-6;1-2-6-5-9-7(3-1)4-8-6;1-2-7-3-5-8(4-1)6-7/h7-9H,1-6H2;8H,1-7H2;6-9H,1-5H2;6-8H,1-5H2;7H,1-6H2. The normalized spacial score (nSPS) is 43.1. The van der Waals surface area contributed by atoms with Gasteiger partial charge < -0.3 is 35.8 Å². The van der Waals surface area contributed by atoms with E-state index in [2.05, 4.69) is 31.1 Å². The lowest BCUT2D eigenvalue weighted by molar-refractivity contribution is 0.0168. The summed E-state index contributed by atoms with van der Waals surface area (Å²) >= 11 is 0. The van der Waals surface area contributed by atoms with E-state index < -0.39 is 0 Å². The summed E-state index contributed by atoms with van der Waals surface area (Å²) in [5.41, 5.74) is 0. The molecule has 13 rings (SSSR count). The quantitative estimate of drug-likeness (QED) is 0.314. The van der Waals surface area contributed by atoms with Crippen LogP contribution in [0.25, 0.3) is 0 Å². The van der Waals surface area contributed by atoms with Gasteiger partial charge in [0.1, 0.15) is 0 Å². The highest BCUT2D eigenvalue weighted by atomic mass is 16.5. The molecular weight excluding hydrogens is 544 g/mol. The largest absolute Gasteiger partial charge is 0.375 e. The van der Waals surface area contributed by atoms with E-state index >= 15 is 0 Å². The molecule has 8 unspecified atom stereocenters. The third kappa shape index (κ3) is 11.2. The molecular formula is C37H70N6O. The van der Waals surface area contributed by atoms with Gasteiger partial charge in [-0.2, -0.15) is 0 Å². The maximum Gasteiger partial charge on any atom is 0.0700 e. The van der Waals surface area contributed by atoms with E-state index in [0.29, 0.717) is 12.1 Å². The fraction of sp³-hybridized carbons (Fsp3) is 1.00. The fourth-order valence-corrected chi connectivity index (χ4v) is 9.63. The molecule has 12 saturated heterocycles. The minimum Gasteiger partial charge on any atom is -0.375 e. The molecule has 0 aromatic rings. The van der Waals surface area contributed by atoms with Crippen LogP contribution in [0.1, 0.15) is 116 Å². The number of morpholine rings is 1. The lowest BCUT2D eigenvalue weighted by atomic mass is 9.87. The van der Waals surface area contributed by atoms with Gasteiger partial charge in [-0.15, -0.1) is 0 Å². The summed E-state index contributed by atoms with van der Waals surface area (Å²) in [6, 6.07) is 3.12. The number of nitrogens with zero attached hydrogens (tertiary/aromatic N) is 2. The van der Waals surface area contributed by atoms with Gasteiger partial charge in [0.05, 0.1) is 12.7 Å². The number of nitrogens with one attached hydrogen (secondary N) is 4. The van der Waals surface area contributed by atoms with E-state index in [-0.39, 0.29) is 0 Å². The monoisotopic (exact) mass is 615 g/mol. The summed E-state index contributed by atoms with van der Waals surface area (Å²) in [5.74, 6) is 3.24. The van der Waals surface area contributed by atoms with Crippen LogP contribution in [0, 0.1) is 17.8 Å². The molecule has 0 spiro atoms. The molecule has 7 nitrogen and oxygen atoms in total. The fourth-order valence-electron chi connectivity index (χ4n) is 9.63. The molecule has 7 heteroatoms. The van der Waals surface area contributed by atoms with Crippen molar-refractivity contribution in [2.75, 3.05) is 72.1 Å². The van der Waals surface area contributed by atoms with Crippen LogP contribution in [-0.2, 0) is 4.74 Å². The highest BCUT2D eigenvalue weighted by Crippen LogP contribution is 2.29. The number of hydrogen-bond acceptors (Lipinski definition) is 7. The maximum atomic E-state index is 5.54. The minimum absolute atomic E-state index is 0.531. The van der Waals surface area contributed by atoms with Crippen LogP contribution in [0.15, 0.2) is 0 Å². The van der Waals surface area contributed by atoms with Crippen LogP contribution in [0.2, 0.25) is 0 Å². The number of piperidine rings is 1. The van der Waals surface area contributed by atoms with Gasteiger partial charge in [0.2, 0.25) is 0 Å². The van der Waals surface area contributed by atoms with Gasteiger partial charge in [0.15, 0.2) is 0 Å². The van der Waals surface area contributed by atoms with Crippen molar-refractivity contribution >= 4 is 0 Å². The molecule has 0 radical (unpaired) electrons. The Kier molecular flexibility index (Phi) is 14.0. The second-order valence-corrected chi connectivity index (χ2v) is 16.1. The first-order valence-electron chi connectivity index (χ1n) is 19.7. The van der Waals surface area contributed by atoms with E-state index in [0.717, 1.165) is 49.0 Å². The Bertz CT molecular complexity index is 636. The van der Waals surface area contributed by atoms with Crippen LogP contribution >= 0.6 is 0 Å². The lowest BCUT2D eigenvalue weighted by Crippen LogP contribution is -2.51. The number of fused-ring (bicyclic) bond motifs is 16. The summed E-state index contributed by atoms with van der Waals surface area (Å²) in [7, 11) is 0. The first-order chi connectivity index (χ1) is 21.7. The molecule has 8 atom stereocenters. The Morgan fingerprint density at radius 2 is 1.05 bits per heavy atom. The Labute approximate surface area is 271 Å². The number of rotatable bonds is 0. The number of hydrogen-bond donors (Lipinski definition) is 4. The van der Waals surface area contributed by atoms with Gasteiger partial charge in [-0.05, 0) is 153 Å². The third-order valence-electron chi connectivity index (χ3n) is 12.7. The van der Waals surface area contributed by atoms with E-state index in [9.17, 15) is 0 Å². The average molecular weight is 615 g/mol. The SMILES string of the molecule is C1CC2CCC(CC2)N1.C1CC2CCN(C1)C2.C1CC2CNC(C1)CN2.C1CC2COC(C1)CN2.C1CCN2CCC(C1)C2. The molecule has 0 amide bonds. The highest BCUT2D eigenvalue weighted by Gasteiger charge is 2.27. The molecule has 0 aromatic carbocycles. The molecule has 44 heavy (non-hydrogen) atoms. The van der Waals surface area contributed by atoms with Gasteiger partial charge in [0.25, 0.3) is 0 Å². The first-order valence-corrected chi connectivity index (χ1v) is 19.7. The summed E-state index contributed by atoms with van der Waals surface area (Å²) in [4.78, 5) is 5.21. The van der Waals surface area contributed by atoms with Crippen LogP contribution in [0.5, 0.6) is 0 Å². The molecule has 1 aliphatic carbocycles. The predicted octanol–water partition coefficient (Wildman–Crippen LogP) is 4.76. The van der Waals surface area contributed by atoms with Gasteiger partial charge in [-0.1, -0.05) is 12.8 Å². The van der Waals surface area contributed by atoms with E-state index in [4.69, 9.17) is 4.74 Å². The number of ether oxygens (including phenoxy) is 1. The average Bonchev–Trinajstić information content (AvgIpc) is 3.49. The van der Waals surface area contributed by atoms with Gasteiger partial charge in [-0.25, -0.2) is 0 Å². The maximum absolute atomic E-state index is 5.54. The van der Waals surface area contributed by atoms with Crippen molar-refractivity contribution in [1.29, 1.82) is 0 Å². The van der Waals surface area contributed by atoms with Gasteiger partial charge >= 0.3 is 0 Å². The smallest absolute Gasteiger partial charge is 0.0700 e. The summed E-state index contributed by atoms with van der Waals surface area (Å²) in [5, 5.41) is 14.1. The summed E-state index contributed by atoms with van der Waals surface area (Å²) in [6.45, 7) is 14.1. The zero-order valence-electron chi connectivity index (χ0n) is 28.4. The van der Waals surface area contributed by atoms with Crippen molar-refractivity contribution in [3.63, 3.8) is 0 Å². The molecule has 0 aromatic heterocycles. The zero-order valence-corrected chi connectivity index (χ0v) is 28.4. The van der Waals surface area contributed by atoms with E-state index in [1.54, 1.807) is 0 Å². The number of piperazine rings is 1. The second kappa shape index (κ2) is 18.3. The van der Waals surface area contributed by atoms with E-state index in [1.165, 1.54) is 174 Å². The summed E-state index contributed by atoms with van der Waals surface area (Å²) < 4.78 is 5.54. The van der Waals surface area contributed by atoms with Crippen LogP contribution in [0.3, 0.4) is 0 Å². The molecule has 10 bridgehead atoms. The van der Waals surface area contributed by atoms with Gasteiger partial charge in [0, 0.05) is 56.9 Å². The molecule has 1 saturated carbocycles. The molecule has 254 valence electrons. The van der Waals surface area contributed by atoms with Crippen molar-refractivity contribution in [1.82, 2.24) is 31.1 Å². The van der Waals surface area contributed by atoms with Crippen LogP contribution in [0.4, 0.5) is 0 Å². The van der Waals surface area contributed by atoms with Gasteiger partial charge in [-0.3, -0.25) is 0 Å². The minimum atomic E-state index is 0.531. The zero-order chi connectivity index (χ0) is 29.8. The topological polar surface area (TPSA) is 63.8 Å². The first kappa shape index (κ1) is 33.6. The van der Waals surface area contributed by atoms with Crippen molar-refractivity contribution in [3.05, 3.63) is 0 Å². The second-order valence-electron chi connectivity index (χ2n) is 16.1. The summed E-state index contributed by atoms with van der Waals surface area (Å²) in [6.07, 6.45) is 26.4. The van der Waals surface area contributed by atoms with Crippen molar-refractivity contribution in [2.45, 2.75) is 146 Å². The predicted molar refractivity (Wildman–Crippen MR) is 183 cm³/mol. The molecule has 13 fully saturated rings. The van der Waals surface area contributed by atoms with Crippen LogP contribution in [-0.4, -0.2) is 112 Å². The van der Waals surface area contributed by atoms with Crippen LogP contribution < -0.4 is 21.3 Å².